The fraction of sp³-hybridized carbons (Fsp3) is 0. The van der Waals surface area contributed by atoms with E-state index in [1.54, 1.807) is 41.3 Å². The van der Waals surface area contributed by atoms with Crippen LogP contribution in [0.25, 0.3) is 5.69 Å². The number of thiophene rings is 1. The average Bonchev–Trinajstić information content (AvgIpc) is 3.10. The summed E-state index contributed by atoms with van der Waals surface area (Å²) < 4.78 is 2.70. The number of hydrogen-bond acceptors (Lipinski definition) is 3. The molecule has 2 aromatic heterocycles. The third kappa shape index (κ3) is 3.12. The summed E-state index contributed by atoms with van der Waals surface area (Å²) in [5.74, 6) is -0.162. The number of carbonyl (C=O) groups is 1. The van der Waals surface area contributed by atoms with Crippen molar-refractivity contribution in [3.8, 4) is 5.69 Å². The first-order valence-corrected chi connectivity index (χ1v) is 8.32. The quantitative estimate of drug-likeness (QED) is 0.626. The molecule has 0 saturated carbocycles. The van der Waals surface area contributed by atoms with Crippen LogP contribution < -0.4 is 5.32 Å². The minimum Gasteiger partial charge on any atom is -0.320 e. The van der Waals surface area contributed by atoms with Crippen molar-refractivity contribution in [2.24, 2.45) is 0 Å². The van der Waals surface area contributed by atoms with Crippen LogP contribution in [0.1, 0.15) is 10.4 Å². The summed E-state index contributed by atoms with van der Waals surface area (Å²) in [4.78, 5) is 12.3. The average molecular weight is 430 g/mol. The molecule has 21 heavy (non-hydrogen) atoms. The Bertz CT molecular complexity index is 785. The van der Waals surface area contributed by atoms with Gasteiger partial charge in [0, 0.05) is 17.8 Å². The van der Waals surface area contributed by atoms with Gasteiger partial charge in [-0.3, -0.25) is 4.79 Å². The maximum atomic E-state index is 12.3. The molecule has 0 fully saturated rings. The van der Waals surface area contributed by atoms with Crippen molar-refractivity contribution in [3.63, 3.8) is 0 Å². The molecule has 0 radical (unpaired) electrons. The molecule has 2 heterocycles. The van der Waals surface area contributed by atoms with Crippen LogP contribution in [-0.2, 0) is 0 Å². The number of hydrogen-bond donors (Lipinski definition) is 1. The molecule has 0 aliphatic rings. The number of rotatable bonds is 3. The van der Waals surface area contributed by atoms with Crippen molar-refractivity contribution < 1.29 is 4.79 Å². The van der Waals surface area contributed by atoms with Gasteiger partial charge in [-0.1, -0.05) is 17.7 Å². The molecule has 4 nitrogen and oxygen atoms in total. The molecule has 1 amide bonds. The fourth-order valence-electron chi connectivity index (χ4n) is 1.87. The lowest BCUT2D eigenvalue weighted by Gasteiger charge is -2.12. The number of carbonyl (C=O) groups excluding carboxylic acids is 1. The van der Waals surface area contributed by atoms with Crippen LogP contribution in [0.2, 0.25) is 5.02 Å². The van der Waals surface area contributed by atoms with Gasteiger partial charge in [-0.15, -0.1) is 11.3 Å². The summed E-state index contributed by atoms with van der Waals surface area (Å²) in [6.07, 6.45) is 3.45. The molecule has 0 bridgehead atoms. The first-order chi connectivity index (χ1) is 10.1. The number of aromatic nitrogens is 2. The van der Waals surface area contributed by atoms with Crippen molar-refractivity contribution in [1.82, 2.24) is 9.78 Å². The molecule has 0 aliphatic carbocycles. The minimum absolute atomic E-state index is 0.162. The highest BCUT2D eigenvalue weighted by atomic mass is 127. The number of anilines is 1. The second-order valence-electron chi connectivity index (χ2n) is 4.18. The smallest absolute Gasteiger partial charge is 0.256 e. The van der Waals surface area contributed by atoms with Gasteiger partial charge in [0.05, 0.1) is 19.2 Å². The fourth-order valence-corrected chi connectivity index (χ4v) is 3.46. The van der Waals surface area contributed by atoms with E-state index in [1.165, 1.54) is 11.3 Å². The Kier molecular flexibility index (Phi) is 4.27. The molecule has 0 atom stereocenters. The van der Waals surface area contributed by atoms with E-state index in [9.17, 15) is 4.79 Å². The zero-order valence-corrected chi connectivity index (χ0v) is 14.3. The molecule has 7 heteroatoms. The molecule has 106 valence electrons. The van der Waals surface area contributed by atoms with Crippen LogP contribution in [0, 0.1) is 2.88 Å². The van der Waals surface area contributed by atoms with Crippen LogP contribution in [0.3, 0.4) is 0 Å². The Morgan fingerprint density at radius 2 is 2.24 bits per heavy atom. The van der Waals surface area contributed by atoms with Gasteiger partial charge in [-0.05, 0) is 46.9 Å². The highest BCUT2D eigenvalue weighted by molar-refractivity contribution is 14.1. The first-order valence-electron chi connectivity index (χ1n) is 5.99. The lowest BCUT2D eigenvalue weighted by molar-refractivity contribution is 0.102. The zero-order chi connectivity index (χ0) is 14.8. The molecule has 0 unspecified atom stereocenters. The monoisotopic (exact) mass is 429 g/mol. The number of nitrogens with one attached hydrogen (secondary N) is 1. The Morgan fingerprint density at radius 1 is 1.38 bits per heavy atom. The molecular formula is C14H9ClIN3OS. The largest absolute Gasteiger partial charge is 0.320 e. The second kappa shape index (κ2) is 6.17. The van der Waals surface area contributed by atoms with Crippen LogP contribution in [0.15, 0.2) is 48.1 Å². The minimum atomic E-state index is -0.162. The number of amides is 1. The number of para-hydroxylation sites is 1. The number of nitrogens with zero attached hydrogens (tertiary/aromatic N) is 2. The molecule has 0 aliphatic heterocycles. The van der Waals surface area contributed by atoms with Gasteiger partial charge < -0.3 is 5.32 Å². The molecular weight excluding hydrogens is 421 g/mol. The maximum absolute atomic E-state index is 12.3. The highest BCUT2D eigenvalue weighted by Crippen LogP contribution is 2.28. The third-order valence-electron chi connectivity index (χ3n) is 2.80. The van der Waals surface area contributed by atoms with Crippen molar-refractivity contribution in [3.05, 3.63) is 61.6 Å². The zero-order valence-electron chi connectivity index (χ0n) is 10.6. The van der Waals surface area contributed by atoms with Gasteiger partial charge in [0.25, 0.3) is 5.91 Å². The van der Waals surface area contributed by atoms with Crippen LogP contribution >= 0.6 is 45.5 Å². The van der Waals surface area contributed by atoms with Gasteiger partial charge in [0.15, 0.2) is 0 Å². The van der Waals surface area contributed by atoms with Gasteiger partial charge >= 0.3 is 0 Å². The van der Waals surface area contributed by atoms with Crippen molar-refractivity contribution in [2.45, 2.75) is 0 Å². The van der Waals surface area contributed by atoms with E-state index in [0.29, 0.717) is 22.0 Å². The summed E-state index contributed by atoms with van der Waals surface area (Å²) >= 11 is 9.96. The standard InChI is InChI=1S/C14H9ClIN3OS/c15-10-3-1-4-11(13(10)19-6-2-5-17-19)18-14(20)9-7-12(16)21-8-9/h1-8H,(H,18,20). The Balaban J connectivity index is 1.96. The van der Waals surface area contributed by atoms with E-state index in [4.69, 9.17) is 11.6 Å². The van der Waals surface area contributed by atoms with Crippen molar-refractivity contribution in [2.75, 3.05) is 5.32 Å². The molecule has 3 rings (SSSR count). The van der Waals surface area contributed by atoms with Gasteiger partial charge in [0.1, 0.15) is 5.69 Å². The Labute approximate surface area is 143 Å². The Hall–Kier alpha value is -1.38. The van der Waals surface area contributed by atoms with E-state index in [2.05, 4.69) is 33.0 Å². The molecule has 3 aromatic rings. The third-order valence-corrected chi connectivity index (χ3v) is 4.89. The molecule has 0 saturated heterocycles. The summed E-state index contributed by atoms with van der Waals surface area (Å²) in [6.45, 7) is 0. The molecule has 1 aromatic carbocycles. The summed E-state index contributed by atoms with van der Waals surface area (Å²) in [7, 11) is 0. The maximum Gasteiger partial charge on any atom is 0.256 e. The van der Waals surface area contributed by atoms with E-state index >= 15 is 0 Å². The van der Waals surface area contributed by atoms with Crippen LogP contribution in [-0.4, -0.2) is 15.7 Å². The van der Waals surface area contributed by atoms with Crippen LogP contribution in [0.5, 0.6) is 0 Å². The van der Waals surface area contributed by atoms with Gasteiger partial charge in [-0.2, -0.15) is 5.10 Å². The highest BCUT2D eigenvalue weighted by Gasteiger charge is 2.14. The first kappa shape index (κ1) is 14.6. The van der Waals surface area contributed by atoms with Crippen molar-refractivity contribution >= 4 is 57.1 Å². The molecule has 1 N–H and O–H groups in total. The summed E-state index contributed by atoms with van der Waals surface area (Å²) in [5, 5.41) is 9.42. The molecule has 0 spiro atoms. The van der Waals surface area contributed by atoms with Crippen molar-refractivity contribution in [1.29, 1.82) is 0 Å². The van der Waals surface area contributed by atoms with Crippen LogP contribution in [0.4, 0.5) is 5.69 Å². The van der Waals surface area contributed by atoms with E-state index in [-0.39, 0.29) is 5.91 Å². The predicted molar refractivity (Wildman–Crippen MR) is 93.6 cm³/mol. The van der Waals surface area contributed by atoms with E-state index < -0.39 is 0 Å². The second-order valence-corrected chi connectivity index (χ2v) is 7.39. The topological polar surface area (TPSA) is 46.9 Å². The number of halogens is 2. The number of benzene rings is 1. The van der Waals surface area contributed by atoms with E-state index in [0.717, 1.165) is 2.88 Å². The van der Waals surface area contributed by atoms with Gasteiger partial charge in [-0.25, -0.2) is 4.68 Å². The summed E-state index contributed by atoms with van der Waals surface area (Å²) in [6, 6.07) is 9.01. The lowest BCUT2D eigenvalue weighted by Crippen LogP contribution is -2.13. The lowest BCUT2D eigenvalue weighted by atomic mass is 10.2. The predicted octanol–water partition coefficient (Wildman–Crippen LogP) is 4.44. The normalized spacial score (nSPS) is 10.6. The Morgan fingerprint density at radius 3 is 2.90 bits per heavy atom. The van der Waals surface area contributed by atoms with Gasteiger partial charge in [0.2, 0.25) is 0 Å². The van der Waals surface area contributed by atoms with E-state index in [1.807, 2.05) is 11.4 Å². The SMILES string of the molecule is O=C(Nc1cccc(Cl)c1-n1cccn1)c1csc(I)c1. The summed E-state index contributed by atoms with van der Waals surface area (Å²) in [5.41, 5.74) is 1.91.